The quantitative estimate of drug-likeness (QED) is 0.728. The number of aromatic nitrogens is 2. The van der Waals surface area contributed by atoms with Crippen LogP contribution in [-0.4, -0.2) is 33.5 Å². The molecule has 86 valence electrons. The summed E-state index contributed by atoms with van der Waals surface area (Å²) in [4.78, 5) is 14.2. The zero-order valence-electron chi connectivity index (χ0n) is 9.43. The van der Waals surface area contributed by atoms with Crippen molar-refractivity contribution in [3.8, 4) is 6.07 Å². The molecule has 1 aromatic heterocycles. The van der Waals surface area contributed by atoms with E-state index in [1.54, 1.807) is 0 Å². The van der Waals surface area contributed by atoms with Crippen LogP contribution < -0.4 is 0 Å². The van der Waals surface area contributed by atoms with Crippen molar-refractivity contribution in [3.05, 3.63) is 10.6 Å². The number of amides is 1. The molecule has 16 heavy (non-hydrogen) atoms. The number of carbonyl (C=O) groups is 1. The first-order chi connectivity index (χ1) is 7.74. The lowest BCUT2D eigenvalue weighted by atomic mass is 10.2. The molecule has 0 atom stereocenters. The van der Waals surface area contributed by atoms with Gasteiger partial charge in [-0.1, -0.05) is 18.3 Å². The molecule has 0 aliphatic rings. The predicted octanol–water partition coefficient (Wildman–Crippen LogP) is 1.48. The number of rotatable bonds is 5. The van der Waals surface area contributed by atoms with Gasteiger partial charge in [-0.05, 0) is 24.4 Å². The van der Waals surface area contributed by atoms with Crippen molar-refractivity contribution in [2.75, 3.05) is 13.1 Å². The fourth-order valence-electron chi connectivity index (χ4n) is 1.35. The van der Waals surface area contributed by atoms with Gasteiger partial charge in [0.05, 0.1) is 11.8 Å². The number of nitriles is 1. The van der Waals surface area contributed by atoms with Gasteiger partial charge < -0.3 is 4.90 Å². The molecule has 5 nitrogen and oxygen atoms in total. The van der Waals surface area contributed by atoms with Gasteiger partial charge in [-0.3, -0.25) is 4.79 Å². The molecule has 0 saturated carbocycles. The summed E-state index contributed by atoms with van der Waals surface area (Å²) < 4.78 is 3.78. The largest absolute Gasteiger partial charge is 0.325 e. The van der Waals surface area contributed by atoms with Crippen LogP contribution >= 0.6 is 11.5 Å². The number of hydrogen-bond acceptors (Lipinski definition) is 5. The van der Waals surface area contributed by atoms with E-state index in [-0.39, 0.29) is 12.5 Å². The van der Waals surface area contributed by atoms with E-state index in [1.165, 1.54) is 4.90 Å². The topological polar surface area (TPSA) is 69.9 Å². The lowest BCUT2D eigenvalue weighted by Gasteiger charge is -2.17. The van der Waals surface area contributed by atoms with Crippen LogP contribution in [0.25, 0.3) is 0 Å². The van der Waals surface area contributed by atoms with E-state index in [0.29, 0.717) is 23.5 Å². The van der Waals surface area contributed by atoms with E-state index >= 15 is 0 Å². The van der Waals surface area contributed by atoms with E-state index in [1.807, 2.05) is 19.9 Å². The molecule has 0 aromatic carbocycles. The summed E-state index contributed by atoms with van der Waals surface area (Å²) in [6.07, 6.45) is 1.52. The lowest BCUT2D eigenvalue weighted by molar-refractivity contribution is 0.0779. The van der Waals surface area contributed by atoms with Gasteiger partial charge in [-0.2, -0.15) is 5.26 Å². The highest BCUT2D eigenvalue weighted by atomic mass is 32.1. The summed E-state index contributed by atoms with van der Waals surface area (Å²) in [7, 11) is 0. The van der Waals surface area contributed by atoms with Gasteiger partial charge in [-0.25, -0.2) is 0 Å². The predicted molar refractivity (Wildman–Crippen MR) is 61.1 cm³/mol. The number of nitrogens with zero attached hydrogens (tertiary/aromatic N) is 4. The molecular formula is C10H14N4OS. The first-order valence-electron chi connectivity index (χ1n) is 5.22. The molecule has 0 aliphatic carbocycles. The lowest BCUT2D eigenvalue weighted by Crippen LogP contribution is -2.32. The van der Waals surface area contributed by atoms with Gasteiger partial charge in [0, 0.05) is 6.54 Å². The average molecular weight is 238 g/mol. The summed E-state index contributed by atoms with van der Waals surface area (Å²) in [6.45, 7) is 4.62. The van der Waals surface area contributed by atoms with Crippen molar-refractivity contribution in [1.29, 1.82) is 5.26 Å². The Morgan fingerprint density at radius 1 is 1.56 bits per heavy atom. The normalized spacial score (nSPS) is 9.81. The highest BCUT2D eigenvalue weighted by molar-refractivity contribution is 7.08. The first-order valence-corrected chi connectivity index (χ1v) is 5.99. The summed E-state index contributed by atoms with van der Waals surface area (Å²) in [5.41, 5.74) is 0.717. The van der Waals surface area contributed by atoms with Crippen LogP contribution in [0.1, 0.15) is 35.6 Å². The Hall–Kier alpha value is -1.48. The molecule has 0 saturated heterocycles. The minimum Gasteiger partial charge on any atom is -0.325 e. The van der Waals surface area contributed by atoms with Crippen molar-refractivity contribution < 1.29 is 4.79 Å². The van der Waals surface area contributed by atoms with E-state index < -0.39 is 0 Å². The molecule has 6 heteroatoms. The maximum atomic E-state index is 12.1. The molecule has 1 aromatic rings. The highest BCUT2D eigenvalue weighted by Gasteiger charge is 2.20. The number of carbonyl (C=O) groups excluding carboxylic acids is 1. The van der Waals surface area contributed by atoms with Gasteiger partial charge in [0.15, 0.2) is 0 Å². The zero-order chi connectivity index (χ0) is 12.0. The fraction of sp³-hybridized carbons (Fsp3) is 0.600. The van der Waals surface area contributed by atoms with Crippen LogP contribution in [0, 0.1) is 11.3 Å². The van der Waals surface area contributed by atoms with Crippen molar-refractivity contribution in [1.82, 2.24) is 14.5 Å². The third-order valence-corrected chi connectivity index (χ3v) is 2.88. The standard InChI is InChI=1S/C10H14N4OS/c1-3-6-14(7-5-11)10(15)9-8(4-2)12-13-16-9/h3-4,6-7H2,1-2H3. The number of hydrogen-bond donors (Lipinski definition) is 0. The second-order valence-corrected chi connectivity index (χ2v) is 4.04. The molecular weight excluding hydrogens is 224 g/mol. The zero-order valence-corrected chi connectivity index (χ0v) is 10.3. The fourth-order valence-corrected chi connectivity index (χ4v) is 2.07. The average Bonchev–Trinajstić information content (AvgIpc) is 2.75. The van der Waals surface area contributed by atoms with Gasteiger partial charge >= 0.3 is 0 Å². The van der Waals surface area contributed by atoms with Gasteiger partial charge in [0.25, 0.3) is 5.91 Å². The Bertz CT molecular complexity index is 396. The van der Waals surface area contributed by atoms with E-state index in [2.05, 4.69) is 9.59 Å². The summed E-state index contributed by atoms with van der Waals surface area (Å²) in [5.74, 6) is -0.129. The second-order valence-electron chi connectivity index (χ2n) is 3.29. The molecule has 0 N–H and O–H groups in total. The monoisotopic (exact) mass is 238 g/mol. The van der Waals surface area contributed by atoms with Gasteiger partial charge in [-0.15, -0.1) is 5.10 Å². The van der Waals surface area contributed by atoms with Crippen molar-refractivity contribution in [2.24, 2.45) is 0 Å². The van der Waals surface area contributed by atoms with Crippen LogP contribution in [0.4, 0.5) is 0 Å². The van der Waals surface area contributed by atoms with Gasteiger partial charge in [0.1, 0.15) is 11.4 Å². The molecule has 1 rings (SSSR count). The third kappa shape index (κ3) is 2.76. The van der Waals surface area contributed by atoms with Crippen molar-refractivity contribution in [2.45, 2.75) is 26.7 Å². The summed E-state index contributed by atoms with van der Waals surface area (Å²) in [6, 6.07) is 2.00. The Morgan fingerprint density at radius 2 is 2.31 bits per heavy atom. The minimum atomic E-state index is -0.129. The van der Waals surface area contributed by atoms with Crippen LogP contribution in [-0.2, 0) is 6.42 Å². The van der Waals surface area contributed by atoms with E-state index in [9.17, 15) is 4.79 Å². The molecule has 0 unspecified atom stereocenters. The second kappa shape index (κ2) is 6.18. The third-order valence-electron chi connectivity index (χ3n) is 2.13. The molecule has 1 amide bonds. The molecule has 0 aliphatic heterocycles. The minimum absolute atomic E-state index is 0.119. The molecule has 0 fully saturated rings. The maximum absolute atomic E-state index is 12.1. The Kier molecular flexibility index (Phi) is 4.86. The first kappa shape index (κ1) is 12.6. The Balaban J connectivity index is 2.86. The summed E-state index contributed by atoms with van der Waals surface area (Å²) in [5, 5.41) is 12.6. The Labute approximate surface area is 98.9 Å². The van der Waals surface area contributed by atoms with Crippen LogP contribution in [0.2, 0.25) is 0 Å². The van der Waals surface area contributed by atoms with Crippen molar-refractivity contribution >= 4 is 17.4 Å². The highest BCUT2D eigenvalue weighted by Crippen LogP contribution is 2.14. The number of aryl methyl sites for hydroxylation is 1. The van der Waals surface area contributed by atoms with Crippen LogP contribution in [0.5, 0.6) is 0 Å². The molecule has 0 bridgehead atoms. The van der Waals surface area contributed by atoms with E-state index in [0.717, 1.165) is 18.0 Å². The van der Waals surface area contributed by atoms with Crippen LogP contribution in [0.3, 0.4) is 0 Å². The molecule has 1 heterocycles. The van der Waals surface area contributed by atoms with Gasteiger partial charge in [0.2, 0.25) is 0 Å². The SMILES string of the molecule is CCCN(CC#N)C(=O)c1snnc1CC. The van der Waals surface area contributed by atoms with E-state index in [4.69, 9.17) is 5.26 Å². The van der Waals surface area contributed by atoms with Crippen LogP contribution in [0.15, 0.2) is 0 Å². The smallest absolute Gasteiger partial charge is 0.268 e. The Morgan fingerprint density at radius 3 is 2.88 bits per heavy atom. The van der Waals surface area contributed by atoms with Crippen molar-refractivity contribution in [3.63, 3.8) is 0 Å². The maximum Gasteiger partial charge on any atom is 0.268 e. The molecule has 0 radical (unpaired) electrons. The molecule has 0 spiro atoms. The summed E-state index contributed by atoms with van der Waals surface area (Å²) >= 11 is 1.10.